The summed E-state index contributed by atoms with van der Waals surface area (Å²) in [5.41, 5.74) is 3.27. The number of rotatable bonds is 6. The van der Waals surface area contributed by atoms with Crippen molar-refractivity contribution in [2.45, 2.75) is 57.8 Å². The zero-order valence-corrected chi connectivity index (χ0v) is 16.8. The first-order chi connectivity index (χ1) is 13.5. The summed E-state index contributed by atoms with van der Waals surface area (Å²) in [6, 6.07) is 1.95. The van der Waals surface area contributed by atoms with Crippen LogP contribution in [0, 0.1) is 6.92 Å². The lowest BCUT2D eigenvalue weighted by Gasteiger charge is -2.20. The van der Waals surface area contributed by atoms with E-state index in [0.29, 0.717) is 31.0 Å². The fourth-order valence-electron chi connectivity index (χ4n) is 4.07. The zero-order chi connectivity index (χ0) is 19.7. The molecule has 3 heterocycles. The number of carbonyl (C=O) groups excluding carboxylic acids is 2. The van der Waals surface area contributed by atoms with Crippen molar-refractivity contribution in [3.63, 3.8) is 0 Å². The molecule has 7 heteroatoms. The third kappa shape index (κ3) is 3.88. The van der Waals surface area contributed by atoms with Crippen molar-refractivity contribution in [3.8, 4) is 0 Å². The molecule has 1 N–H and O–H groups in total. The first kappa shape index (κ1) is 18.9. The average molecular weight is 383 g/mol. The number of fused-ring (bicyclic) bond motifs is 1. The minimum atomic E-state index is -0.0763. The molecule has 0 unspecified atom stereocenters. The Hall–Kier alpha value is -2.44. The molecule has 1 saturated heterocycles. The molecule has 1 saturated carbocycles. The third-order valence-electron chi connectivity index (χ3n) is 5.79. The highest BCUT2D eigenvalue weighted by atomic mass is 16.2. The largest absolute Gasteiger partial charge is 0.352 e. The predicted molar refractivity (Wildman–Crippen MR) is 107 cm³/mol. The molecule has 0 radical (unpaired) electrons. The number of aryl methyl sites for hydroxylation is 2. The Labute approximate surface area is 165 Å². The van der Waals surface area contributed by atoms with Crippen LogP contribution in [0.2, 0.25) is 0 Å². The summed E-state index contributed by atoms with van der Waals surface area (Å²) in [5, 5.41) is 8.34. The minimum absolute atomic E-state index is 0.0763. The molecule has 2 aliphatic rings. The Morgan fingerprint density at radius 1 is 1.29 bits per heavy atom. The van der Waals surface area contributed by atoms with Crippen LogP contribution in [0.25, 0.3) is 11.0 Å². The van der Waals surface area contributed by atoms with Gasteiger partial charge in [-0.3, -0.25) is 14.3 Å². The average Bonchev–Trinajstić information content (AvgIpc) is 3.50. The summed E-state index contributed by atoms with van der Waals surface area (Å²) in [4.78, 5) is 31.7. The maximum Gasteiger partial charge on any atom is 0.252 e. The Kier molecular flexibility index (Phi) is 5.33. The molecule has 2 aromatic rings. The number of nitrogens with one attached hydrogen (secondary N) is 1. The van der Waals surface area contributed by atoms with Gasteiger partial charge in [-0.25, -0.2) is 4.98 Å². The van der Waals surface area contributed by atoms with Crippen molar-refractivity contribution in [3.05, 3.63) is 23.0 Å². The fourth-order valence-corrected chi connectivity index (χ4v) is 4.07. The predicted octanol–water partition coefficient (Wildman–Crippen LogP) is 2.68. The minimum Gasteiger partial charge on any atom is -0.352 e. The topological polar surface area (TPSA) is 80.1 Å². The lowest BCUT2D eigenvalue weighted by Crippen LogP contribution is -2.34. The van der Waals surface area contributed by atoms with Gasteiger partial charge >= 0.3 is 0 Å². The van der Waals surface area contributed by atoms with E-state index in [4.69, 9.17) is 4.98 Å². The van der Waals surface area contributed by atoms with E-state index in [1.807, 2.05) is 24.9 Å². The molecule has 0 spiro atoms. The summed E-state index contributed by atoms with van der Waals surface area (Å²) in [6.45, 7) is 4.04. The second kappa shape index (κ2) is 7.89. The van der Waals surface area contributed by atoms with Crippen molar-refractivity contribution in [1.29, 1.82) is 0 Å². The van der Waals surface area contributed by atoms with E-state index in [1.165, 1.54) is 0 Å². The van der Waals surface area contributed by atoms with Gasteiger partial charge in [-0.05, 0) is 45.1 Å². The quantitative estimate of drug-likeness (QED) is 0.778. The highest BCUT2D eigenvalue weighted by molar-refractivity contribution is 6.06. The first-order valence-corrected chi connectivity index (χ1v) is 10.4. The van der Waals surface area contributed by atoms with Gasteiger partial charge in [0, 0.05) is 44.7 Å². The molecule has 2 fully saturated rings. The highest BCUT2D eigenvalue weighted by Crippen LogP contribution is 2.40. The van der Waals surface area contributed by atoms with Gasteiger partial charge in [0.2, 0.25) is 5.91 Å². The van der Waals surface area contributed by atoms with Gasteiger partial charge < -0.3 is 10.2 Å². The van der Waals surface area contributed by atoms with E-state index in [0.717, 1.165) is 67.5 Å². The van der Waals surface area contributed by atoms with Crippen LogP contribution in [0.15, 0.2) is 6.07 Å². The van der Waals surface area contributed by atoms with Crippen LogP contribution in [0.4, 0.5) is 0 Å². The Balaban J connectivity index is 1.43. The molecule has 1 aliphatic heterocycles. The normalized spacial score (nSPS) is 17.8. The molecule has 2 amide bonds. The van der Waals surface area contributed by atoms with Crippen LogP contribution < -0.4 is 5.32 Å². The third-order valence-corrected chi connectivity index (χ3v) is 5.79. The van der Waals surface area contributed by atoms with E-state index < -0.39 is 0 Å². The number of likely N-dealkylation sites (tertiary alicyclic amines) is 1. The van der Waals surface area contributed by atoms with Crippen LogP contribution in [0.3, 0.4) is 0 Å². The lowest BCUT2D eigenvalue weighted by atomic mass is 10.1. The van der Waals surface area contributed by atoms with E-state index in [-0.39, 0.29) is 11.8 Å². The van der Waals surface area contributed by atoms with E-state index in [2.05, 4.69) is 10.4 Å². The van der Waals surface area contributed by atoms with Gasteiger partial charge in [0.15, 0.2) is 5.65 Å². The van der Waals surface area contributed by atoms with Crippen LogP contribution >= 0.6 is 0 Å². The van der Waals surface area contributed by atoms with Gasteiger partial charge in [-0.1, -0.05) is 6.42 Å². The molecule has 1 aliphatic carbocycles. The number of pyridine rings is 1. The van der Waals surface area contributed by atoms with Crippen molar-refractivity contribution < 1.29 is 9.59 Å². The van der Waals surface area contributed by atoms with Crippen LogP contribution in [-0.2, 0) is 11.8 Å². The lowest BCUT2D eigenvalue weighted by molar-refractivity contribution is -0.130. The molecule has 0 bridgehead atoms. The zero-order valence-electron chi connectivity index (χ0n) is 16.8. The highest BCUT2D eigenvalue weighted by Gasteiger charge is 2.28. The van der Waals surface area contributed by atoms with E-state index >= 15 is 0 Å². The summed E-state index contributed by atoms with van der Waals surface area (Å²) < 4.78 is 1.76. The first-order valence-electron chi connectivity index (χ1n) is 10.4. The van der Waals surface area contributed by atoms with Gasteiger partial charge in [-0.15, -0.1) is 0 Å². The summed E-state index contributed by atoms with van der Waals surface area (Å²) in [5.74, 6) is 0.646. The van der Waals surface area contributed by atoms with E-state index in [9.17, 15) is 9.59 Å². The number of carbonyl (C=O) groups is 2. The van der Waals surface area contributed by atoms with Gasteiger partial charge in [0.1, 0.15) is 0 Å². The number of hydrogen-bond acceptors (Lipinski definition) is 4. The van der Waals surface area contributed by atoms with Crippen LogP contribution in [0.5, 0.6) is 0 Å². The number of hydrogen-bond donors (Lipinski definition) is 1. The molecule has 28 heavy (non-hydrogen) atoms. The number of nitrogens with zero attached hydrogens (tertiary/aromatic N) is 4. The van der Waals surface area contributed by atoms with Crippen molar-refractivity contribution in [2.24, 2.45) is 7.05 Å². The second-order valence-electron chi connectivity index (χ2n) is 8.08. The standard InChI is InChI=1S/C21H29N5O2/c1-14-19-16(13-17(15-8-9-15)23-20(19)25(2)24-14)21(28)22-10-6-12-26-11-5-3-4-7-18(26)27/h13,15H,3-12H2,1-2H3,(H,22,28). The maximum atomic E-state index is 12.9. The van der Waals surface area contributed by atoms with Crippen molar-refractivity contribution >= 4 is 22.8 Å². The molecule has 0 atom stereocenters. The molecule has 150 valence electrons. The number of aromatic nitrogens is 3. The number of amides is 2. The smallest absolute Gasteiger partial charge is 0.252 e. The Morgan fingerprint density at radius 2 is 2.11 bits per heavy atom. The molecule has 4 rings (SSSR count). The second-order valence-corrected chi connectivity index (χ2v) is 8.08. The molecule has 7 nitrogen and oxygen atoms in total. The molecular formula is C21H29N5O2. The van der Waals surface area contributed by atoms with E-state index in [1.54, 1.807) is 4.68 Å². The van der Waals surface area contributed by atoms with Crippen LogP contribution in [-0.4, -0.2) is 51.1 Å². The SMILES string of the molecule is Cc1nn(C)c2nc(C3CC3)cc(C(=O)NCCCN3CCCCCC3=O)c12. The molecular weight excluding hydrogens is 354 g/mol. The Bertz CT molecular complexity index is 900. The van der Waals surface area contributed by atoms with Gasteiger partial charge in [0.25, 0.3) is 5.91 Å². The fraction of sp³-hybridized carbons (Fsp3) is 0.619. The summed E-state index contributed by atoms with van der Waals surface area (Å²) >= 11 is 0. The monoisotopic (exact) mass is 383 g/mol. The van der Waals surface area contributed by atoms with Gasteiger partial charge in [0.05, 0.1) is 16.6 Å². The van der Waals surface area contributed by atoms with Crippen molar-refractivity contribution in [1.82, 2.24) is 25.0 Å². The van der Waals surface area contributed by atoms with Gasteiger partial charge in [-0.2, -0.15) is 5.10 Å². The van der Waals surface area contributed by atoms with Crippen molar-refractivity contribution in [2.75, 3.05) is 19.6 Å². The summed E-state index contributed by atoms with van der Waals surface area (Å²) in [7, 11) is 1.87. The molecule has 2 aromatic heterocycles. The van der Waals surface area contributed by atoms with Crippen LogP contribution in [0.1, 0.15) is 72.6 Å². The summed E-state index contributed by atoms with van der Waals surface area (Å²) in [6.07, 6.45) is 6.92. The Morgan fingerprint density at radius 3 is 2.89 bits per heavy atom. The maximum absolute atomic E-state index is 12.9. The molecule has 0 aromatic carbocycles.